The predicted octanol–water partition coefficient (Wildman–Crippen LogP) is -7.22. The van der Waals surface area contributed by atoms with Crippen molar-refractivity contribution in [1.82, 2.24) is 4.98 Å². The molecule has 0 saturated carbocycles. The number of rotatable bonds is 19. The second-order valence-electron chi connectivity index (χ2n) is 8.46. The number of anilines is 2. The van der Waals surface area contributed by atoms with E-state index >= 15 is 0 Å². The van der Waals surface area contributed by atoms with Gasteiger partial charge in [0.05, 0.1) is 45.1 Å². The molecule has 4 N–H and O–H groups in total. The first-order chi connectivity index (χ1) is 22.7. The second kappa shape index (κ2) is 25.7. The summed E-state index contributed by atoms with van der Waals surface area (Å²) in [6, 6.07) is 8.83. The van der Waals surface area contributed by atoms with Gasteiger partial charge in [-0.15, -0.1) is 24.0 Å². The number of nitrogens with two attached hydrogens (primary N) is 2. The summed E-state index contributed by atoms with van der Waals surface area (Å²) in [5.41, 5.74) is 11.1. The summed E-state index contributed by atoms with van der Waals surface area (Å²) in [6.07, 6.45) is 0. The summed E-state index contributed by atoms with van der Waals surface area (Å²) in [5.74, 6) is -1.62. The van der Waals surface area contributed by atoms with Gasteiger partial charge >= 0.3 is 88.7 Å². The third-order valence-electron chi connectivity index (χ3n) is 5.41. The fraction of sp³-hybridized carbons (Fsp3) is 0.227. The van der Waals surface area contributed by atoms with Crippen LogP contribution >= 0.6 is 24.6 Å². The summed E-state index contributed by atoms with van der Waals surface area (Å²) in [4.78, 5) is 2.23. The van der Waals surface area contributed by atoms with Crippen LogP contribution < -0.4 is 111 Å². The number of pyridine rings is 1. The van der Waals surface area contributed by atoms with Crippen LogP contribution in [-0.4, -0.2) is 59.5 Å². The molecular weight excluding hydrogens is 832 g/mol. The molecule has 0 atom stereocenters. The van der Waals surface area contributed by atoms with Crippen molar-refractivity contribution in [2.75, 3.05) is 36.2 Å². The van der Waals surface area contributed by atoms with E-state index in [9.17, 15) is 40.3 Å². The third kappa shape index (κ3) is 17.2. The number of benzene rings is 2. The maximum atomic E-state index is 12.6. The van der Waals surface area contributed by atoms with Crippen LogP contribution in [0.3, 0.4) is 0 Å². The third-order valence-corrected chi connectivity index (χ3v) is 10.4. The molecule has 1 aromatic heterocycles. The minimum absolute atomic E-state index is 0. The van der Waals surface area contributed by atoms with E-state index in [1.165, 1.54) is 30.3 Å². The van der Waals surface area contributed by atoms with Gasteiger partial charge in [-0.05, 0) is 42.5 Å². The molecule has 0 saturated heterocycles. The summed E-state index contributed by atoms with van der Waals surface area (Å²) in [6.45, 7) is -0.807. The summed E-state index contributed by atoms with van der Waals surface area (Å²) < 4.78 is 103. The monoisotopic (exact) mass is 855 g/mol. The number of azo groups is 2. The predicted molar refractivity (Wildman–Crippen MR) is 165 cm³/mol. The van der Waals surface area contributed by atoms with Crippen molar-refractivity contribution in [2.45, 2.75) is 22.1 Å². The Bertz CT molecular complexity index is 1960. The Morgan fingerprint density at radius 3 is 1.58 bits per heavy atom. The number of hydrogen-bond donors (Lipinski definition) is 2. The molecule has 3 aromatic rings. The molecule has 0 aliphatic rings. The zero-order valence-corrected chi connectivity index (χ0v) is 36.6. The van der Waals surface area contributed by atoms with E-state index in [2.05, 4.69) is 48.4 Å². The fourth-order valence-electron chi connectivity index (χ4n) is 3.25. The zero-order valence-electron chi connectivity index (χ0n) is 26.5. The maximum absolute atomic E-state index is 12.6. The standard InChI is InChI=1S/C21H23N7O15S5.CH4.3Na/c22-20-17(27-25-13-1-3-14(4-2-13)46(31,32)9-7-38-44-42-40-29)12-18(21(23)24-20)28-26-16-6-5-15(11-19(16)48(35,36)37)47(33,34)10-8-39-45-43-41-30;;;;/h1-6,11-12,29-30H,7-10H2,(H4,22,23,24)(H,35,36,37);1H4;;;/q;;3*+1/p-3. The molecule has 1 heterocycles. The van der Waals surface area contributed by atoms with E-state index in [1.807, 2.05) is 0 Å². The zero-order chi connectivity index (χ0) is 35.4. The van der Waals surface area contributed by atoms with Crippen molar-refractivity contribution in [3.05, 3.63) is 48.5 Å². The van der Waals surface area contributed by atoms with Crippen molar-refractivity contribution in [3.8, 4) is 0 Å². The Hall–Kier alpha value is -0.420. The Labute approximate surface area is 372 Å². The molecule has 22 nitrogen and oxygen atoms in total. The van der Waals surface area contributed by atoms with Gasteiger partial charge in [-0.3, -0.25) is 18.4 Å². The number of aromatic nitrogens is 1. The summed E-state index contributed by atoms with van der Waals surface area (Å²) in [5, 5.41) is 40.9. The molecule has 0 aliphatic carbocycles. The van der Waals surface area contributed by atoms with Crippen LogP contribution in [0.2, 0.25) is 0 Å². The molecule has 0 fully saturated rings. The second-order valence-corrected chi connectivity index (χ2v) is 15.0. The molecular formula is C22H24N7Na3O15S5. The quantitative estimate of drug-likeness (QED) is 0.0215. The SMILES string of the molecule is C.Nc1nc(N)c(N=Nc2ccc(S(=O)(=O)CCOSOO[O-])cc2S(=O)(=O)[O-])cc1N=Nc1ccc(S(=O)(=O)CCOSOO[O-])cc1.[Na+].[Na+].[Na+]. The first kappa shape index (κ1) is 53.7. The van der Waals surface area contributed by atoms with Gasteiger partial charge in [0.1, 0.15) is 27.2 Å². The van der Waals surface area contributed by atoms with E-state index in [4.69, 9.17) is 15.7 Å². The van der Waals surface area contributed by atoms with Gasteiger partial charge in [0.15, 0.2) is 56.0 Å². The minimum atomic E-state index is -5.28. The van der Waals surface area contributed by atoms with Gasteiger partial charge < -0.3 is 26.5 Å². The molecule has 0 radical (unpaired) electrons. The maximum Gasteiger partial charge on any atom is 1.00 e. The molecule has 0 unspecified atom stereocenters. The molecule has 270 valence electrons. The van der Waals surface area contributed by atoms with Gasteiger partial charge in [-0.1, -0.05) is 7.43 Å². The normalized spacial score (nSPS) is 11.8. The van der Waals surface area contributed by atoms with Crippen LogP contribution in [0.15, 0.2) is 83.7 Å². The van der Waals surface area contributed by atoms with E-state index < -0.39 is 63.4 Å². The molecule has 3 rings (SSSR count). The number of sulfone groups is 2. The van der Waals surface area contributed by atoms with E-state index in [0.717, 1.165) is 12.1 Å². The van der Waals surface area contributed by atoms with Crippen molar-refractivity contribution in [2.24, 2.45) is 20.5 Å². The Morgan fingerprint density at radius 1 is 0.654 bits per heavy atom. The molecule has 30 heteroatoms. The van der Waals surface area contributed by atoms with Crippen LogP contribution in [-0.2, 0) is 56.9 Å². The summed E-state index contributed by atoms with van der Waals surface area (Å²) in [7, 11) is -13.2. The van der Waals surface area contributed by atoms with Gasteiger partial charge in [0.2, 0.25) is 0 Å². The van der Waals surface area contributed by atoms with Crippen LogP contribution in [0.5, 0.6) is 0 Å². The van der Waals surface area contributed by atoms with Crippen molar-refractivity contribution >= 4 is 88.8 Å². The average molecular weight is 856 g/mol. The number of nitrogens with zero attached hydrogens (tertiary/aromatic N) is 5. The molecule has 52 heavy (non-hydrogen) atoms. The van der Waals surface area contributed by atoms with Crippen molar-refractivity contribution < 1.29 is 156 Å². The largest absolute Gasteiger partial charge is 1.00 e. The number of hydrogen-bond acceptors (Lipinski definition) is 24. The van der Waals surface area contributed by atoms with Gasteiger partial charge in [-0.25, -0.2) is 30.2 Å². The molecule has 2 aromatic carbocycles. The smallest absolute Gasteiger partial charge is 0.744 e. The van der Waals surface area contributed by atoms with E-state index in [0.29, 0.717) is 6.07 Å². The van der Waals surface area contributed by atoms with Crippen molar-refractivity contribution in [1.29, 1.82) is 0 Å². The average Bonchev–Trinajstić information content (AvgIpc) is 3.03. The molecule has 0 aliphatic heterocycles. The summed E-state index contributed by atoms with van der Waals surface area (Å²) >= 11 is 0.241. The van der Waals surface area contributed by atoms with E-state index in [1.54, 1.807) is 0 Å². The van der Waals surface area contributed by atoms with E-state index in [-0.39, 0.29) is 161 Å². The van der Waals surface area contributed by atoms with Crippen molar-refractivity contribution in [3.63, 3.8) is 0 Å². The van der Waals surface area contributed by atoms with Crippen LogP contribution in [0.25, 0.3) is 0 Å². The van der Waals surface area contributed by atoms with Gasteiger partial charge in [0.25, 0.3) is 0 Å². The molecule has 0 bridgehead atoms. The fourth-order valence-corrected chi connectivity index (χ4v) is 6.79. The first-order valence-corrected chi connectivity index (χ1v) is 18.3. The first-order valence-electron chi connectivity index (χ1n) is 12.2. The molecule has 0 amide bonds. The van der Waals surface area contributed by atoms with Gasteiger partial charge in [-0.2, -0.15) is 5.11 Å². The van der Waals surface area contributed by atoms with Crippen LogP contribution in [0.1, 0.15) is 7.43 Å². The van der Waals surface area contributed by atoms with Crippen LogP contribution in [0, 0.1) is 0 Å². The number of nitrogen functional groups attached to an aromatic ring is 2. The van der Waals surface area contributed by atoms with Crippen LogP contribution in [0.4, 0.5) is 34.4 Å². The van der Waals surface area contributed by atoms with Gasteiger partial charge in [0, 0.05) is 6.07 Å². The Kier molecular flexibility index (Phi) is 26.5. The molecule has 0 spiro atoms. The minimum Gasteiger partial charge on any atom is -0.744 e. The Morgan fingerprint density at radius 2 is 1.10 bits per heavy atom. The topological polar surface area (TPSA) is 341 Å². The Balaban J connectivity index is 0.